The van der Waals surface area contributed by atoms with Crippen molar-refractivity contribution >= 4 is 21.4 Å². The molecule has 0 bridgehead atoms. The van der Waals surface area contributed by atoms with Crippen LogP contribution in [-0.4, -0.2) is 46.9 Å². The first-order valence-corrected chi connectivity index (χ1v) is 7.76. The van der Waals surface area contributed by atoms with Gasteiger partial charge in [0.25, 0.3) is 5.69 Å². The molecule has 0 unspecified atom stereocenters. The molecule has 0 atom stereocenters. The third kappa shape index (κ3) is 5.08. The van der Waals surface area contributed by atoms with E-state index in [-0.39, 0.29) is 30.2 Å². The summed E-state index contributed by atoms with van der Waals surface area (Å²) in [6.45, 7) is 0.285. The number of nitro benzene ring substituents is 1. The predicted octanol–water partition coefficient (Wildman–Crippen LogP) is 0.573. The number of anilines is 1. The Bertz CT molecular complexity index is 617. The Labute approximate surface area is 122 Å². The Balaban J connectivity index is 2.91. The van der Waals surface area contributed by atoms with Crippen LogP contribution in [0.25, 0.3) is 0 Å². The van der Waals surface area contributed by atoms with Gasteiger partial charge >= 0.3 is 0 Å². The van der Waals surface area contributed by atoms with E-state index in [4.69, 9.17) is 9.47 Å². The molecular formula is C11H17N3O6S. The molecule has 10 heteroatoms. The van der Waals surface area contributed by atoms with Crippen molar-refractivity contribution < 1.29 is 22.8 Å². The number of methoxy groups -OCH3 is 2. The number of sulfonamides is 1. The Hall–Kier alpha value is -2.07. The molecule has 0 heterocycles. The largest absolute Gasteiger partial charge is 0.493 e. The first kappa shape index (κ1) is 17.0. The van der Waals surface area contributed by atoms with Crippen LogP contribution >= 0.6 is 0 Å². The molecule has 1 rings (SSSR count). The summed E-state index contributed by atoms with van der Waals surface area (Å²) in [6, 6.07) is 2.67. The van der Waals surface area contributed by atoms with Gasteiger partial charge in [0.15, 0.2) is 11.5 Å². The van der Waals surface area contributed by atoms with Crippen molar-refractivity contribution in [1.82, 2.24) is 4.72 Å². The minimum absolute atomic E-state index is 0.102. The predicted molar refractivity (Wildman–Crippen MR) is 77.5 cm³/mol. The van der Waals surface area contributed by atoms with Crippen LogP contribution in [0.4, 0.5) is 11.4 Å². The van der Waals surface area contributed by atoms with Crippen LogP contribution in [0.5, 0.6) is 11.5 Å². The van der Waals surface area contributed by atoms with Gasteiger partial charge in [-0.3, -0.25) is 10.1 Å². The second-order valence-electron chi connectivity index (χ2n) is 4.07. The highest BCUT2D eigenvalue weighted by Gasteiger charge is 2.19. The van der Waals surface area contributed by atoms with Gasteiger partial charge in [0.2, 0.25) is 10.0 Å². The minimum atomic E-state index is -3.30. The van der Waals surface area contributed by atoms with Gasteiger partial charge in [-0.05, 0) is 0 Å². The van der Waals surface area contributed by atoms with Crippen molar-refractivity contribution in [3.05, 3.63) is 22.2 Å². The zero-order chi connectivity index (χ0) is 16.0. The fourth-order valence-electron chi connectivity index (χ4n) is 1.59. The van der Waals surface area contributed by atoms with Gasteiger partial charge in [-0.2, -0.15) is 0 Å². The summed E-state index contributed by atoms with van der Waals surface area (Å²) in [5.74, 6) is 0.575. The molecule has 0 aliphatic rings. The van der Waals surface area contributed by atoms with E-state index in [2.05, 4.69) is 10.0 Å². The Morgan fingerprint density at radius 3 is 2.24 bits per heavy atom. The van der Waals surface area contributed by atoms with Crippen LogP contribution < -0.4 is 19.5 Å². The zero-order valence-corrected chi connectivity index (χ0v) is 12.7. The Kier molecular flexibility index (Phi) is 5.73. The van der Waals surface area contributed by atoms with E-state index in [1.54, 1.807) is 0 Å². The molecule has 2 N–H and O–H groups in total. The number of nitrogens with one attached hydrogen (secondary N) is 2. The SMILES string of the molecule is COc1cc(NCCNS(C)(=O)=O)c([N+](=O)[O-])cc1OC. The zero-order valence-electron chi connectivity index (χ0n) is 11.9. The molecule has 0 saturated carbocycles. The Morgan fingerprint density at radius 1 is 1.19 bits per heavy atom. The monoisotopic (exact) mass is 319 g/mol. The average Bonchev–Trinajstić information content (AvgIpc) is 2.41. The van der Waals surface area contributed by atoms with Crippen molar-refractivity contribution in [2.45, 2.75) is 0 Å². The smallest absolute Gasteiger partial charge is 0.296 e. The molecule has 0 fully saturated rings. The first-order chi connectivity index (χ1) is 9.78. The van der Waals surface area contributed by atoms with Crippen molar-refractivity contribution in [2.75, 3.05) is 38.9 Å². The van der Waals surface area contributed by atoms with E-state index in [0.717, 1.165) is 6.26 Å². The molecule has 0 aliphatic heterocycles. The van der Waals surface area contributed by atoms with Crippen LogP contribution in [-0.2, 0) is 10.0 Å². The van der Waals surface area contributed by atoms with Crippen LogP contribution in [0.15, 0.2) is 12.1 Å². The summed E-state index contributed by atoms with van der Waals surface area (Å²) in [5.41, 5.74) is 0.0277. The summed E-state index contributed by atoms with van der Waals surface area (Å²) in [6.07, 6.45) is 1.03. The number of hydrogen-bond acceptors (Lipinski definition) is 7. The fourth-order valence-corrected chi connectivity index (χ4v) is 2.07. The number of benzene rings is 1. The molecule has 0 aromatic heterocycles. The normalized spacial score (nSPS) is 11.0. The number of rotatable bonds is 8. The molecule has 9 nitrogen and oxygen atoms in total. The van der Waals surface area contributed by atoms with Gasteiger partial charge < -0.3 is 14.8 Å². The molecule has 0 aliphatic carbocycles. The van der Waals surface area contributed by atoms with E-state index in [1.165, 1.54) is 26.4 Å². The second kappa shape index (κ2) is 7.09. The fraction of sp³-hybridized carbons (Fsp3) is 0.455. The van der Waals surface area contributed by atoms with Gasteiger partial charge in [0.05, 0.1) is 31.5 Å². The summed E-state index contributed by atoms with van der Waals surface area (Å²) in [4.78, 5) is 10.5. The maximum absolute atomic E-state index is 11.0. The molecule has 21 heavy (non-hydrogen) atoms. The van der Waals surface area contributed by atoms with Crippen molar-refractivity contribution in [3.63, 3.8) is 0 Å². The molecule has 1 aromatic carbocycles. The highest BCUT2D eigenvalue weighted by atomic mass is 32.2. The number of nitro groups is 1. The van der Waals surface area contributed by atoms with E-state index < -0.39 is 14.9 Å². The Morgan fingerprint density at radius 2 is 1.76 bits per heavy atom. The van der Waals surface area contributed by atoms with E-state index >= 15 is 0 Å². The average molecular weight is 319 g/mol. The molecule has 0 spiro atoms. The van der Waals surface area contributed by atoms with E-state index in [9.17, 15) is 18.5 Å². The van der Waals surface area contributed by atoms with Gasteiger partial charge in [0.1, 0.15) is 5.69 Å². The summed E-state index contributed by atoms with van der Waals surface area (Å²) < 4.78 is 34.2. The molecule has 1 aromatic rings. The maximum atomic E-state index is 11.0. The van der Waals surface area contributed by atoms with Crippen molar-refractivity contribution in [3.8, 4) is 11.5 Å². The topological polar surface area (TPSA) is 120 Å². The van der Waals surface area contributed by atoms with E-state index in [1.807, 2.05) is 0 Å². The van der Waals surface area contributed by atoms with Crippen molar-refractivity contribution in [1.29, 1.82) is 0 Å². The van der Waals surface area contributed by atoms with Gasteiger partial charge in [-0.15, -0.1) is 0 Å². The lowest BCUT2D eigenvalue weighted by Crippen LogP contribution is -2.27. The van der Waals surface area contributed by atoms with Crippen LogP contribution in [0, 0.1) is 10.1 Å². The quantitative estimate of drug-likeness (QED) is 0.408. The van der Waals surface area contributed by atoms with Gasteiger partial charge in [0, 0.05) is 19.2 Å². The summed E-state index contributed by atoms with van der Waals surface area (Å²) >= 11 is 0. The molecule has 0 radical (unpaired) electrons. The standard InChI is InChI=1S/C11H17N3O6S/c1-19-10-6-8(12-4-5-13-21(3,17)18)9(14(15)16)7-11(10)20-2/h6-7,12-13H,4-5H2,1-3H3. The number of nitrogens with zero attached hydrogens (tertiary/aromatic N) is 1. The van der Waals surface area contributed by atoms with Crippen LogP contribution in [0.3, 0.4) is 0 Å². The number of ether oxygens (including phenoxy) is 2. The lowest BCUT2D eigenvalue weighted by atomic mass is 10.2. The summed E-state index contributed by atoms with van der Waals surface area (Å²) in [7, 11) is -0.502. The van der Waals surface area contributed by atoms with Crippen LogP contribution in [0.1, 0.15) is 0 Å². The first-order valence-electron chi connectivity index (χ1n) is 5.87. The number of hydrogen-bond donors (Lipinski definition) is 2. The van der Waals surface area contributed by atoms with Gasteiger partial charge in [-0.1, -0.05) is 0 Å². The lowest BCUT2D eigenvalue weighted by molar-refractivity contribution is -0.384. The highest BCUT2D eigenvalue weighted by molar-refractivity contribution is 7.88. The maximum Gasteiger partial charge on any atom is 0.296 e. The molecular weight excluding hydrogens is 302 g/mol. The molecule has 0 saturated heterocycles. The summed E-state index contributed by atoms with van der Waals surface area (Å²) in [5, 5.41) is 13.8. The third-order valence-electron chi connectivity index (χ3n) is 2.50. The van der Waals surface area contributed by atoms with Gasteiger partial charge in [-0.25, -0.2) is 13.1 Å². The molecule has 0 amide bonds. The lowest BCUT2D eigenvalue weighted by Gasteiger charge is -2.12. The van der Waals surface area contributed by atoms with Crippen LogP contribution in [0.2, 0.25) is 0 Å². The highest BCUT2D eigenvalue weighted by Crippen LogP contribution is 2.37. The minimum Gasteiger partial charge on any atom is -0.493 e. The third-order valence-corrected chi connectivity index (χ3v) is 3.23. The van der Waals surface area contributed by atoms with Crippen molar-refractivity contribution in [2.24, 2.45) is 0 Å². The van der Waals surface area contributed by atoms with E-state index in [0.29, 0.717) is 5.75 Å². The molecule has 118 valence electrons. The second-order valence-corrected chi connectivity index (χ2v) is 5.91.